The Kier molecular flexibility index (Phi) is 4.18. The van der Waals surface area contributed by atoms with Gasteiger partial charge in [-0.2, -0.15) is 5.26 Å². The molecule has 3 N–H and O–H groups in total. The minimum atomic E-state index is -2.99. The Bertz CT molecular complexity index is 1280. The quantitative estimate of drug-likeness (QED) is 0.659. The Morgan fingerprint density at radius 3 is 2.87 bits per heavy atom. The first kappa shape index (κ1) is 19.0. The first-order chi connectivity index (χ1) is 14.9. The van der Waals surface area contributed by atoms with Gasteiger partial charge >= 0.3 is 0 Å². The molecule has 0 saturated heterocycles. The van der Waals surface area contributed by atoms with Crippen LogP contribution in [0.5, 0.6) is 0 Å². The van der Waals surface area contributed by atoms with Gasteiger partial charge in [0.15, 0.2) is 11.4 Å². The third-order valence-electron chi connectivity index (χ3n) is 5.46. The normalized spacial score (nSPS) is 24.2. The average Bonchev–Trinajstić information content (AvgIpc) is 3.53. The number of nitrogens with two attached hydrogens (primary N) is 1. The first-order valence-electron chi connectivity index (χ1n) is 9.30. The number of pyridine rings is 1. The third-order valence-corrected chi connectivity index (χ3v) is 5.46. The van der Waals surface area contributed by atoms with Gasteiger partial charge in [0, 0.05) is 23.4 Å². The van der Waals surface area contributed by atoms with Gasteiger partial charge in [0.1, 0.15) is 29.8 Å². The first-order valence-corrected chi connectivity index (χ1v) is 9.30. The monoisotopic (exact) mass is 425 g/mol. The molecule has 0 spiro atoms. The van der Waals surface area contributed by atoms with Crippen molar-refractivity contribution in [1.82, 2.24) is 15.0 Å². The average molecular weight is 425 g/mol. The van der Waals surface area contributed by atoms with E-state index in [2.05, 4.69) is 25.3 Å². The van der Waals surface area contributed by atoms with E-state index < -0.39 is 29.8 Å². The molecular formula is C20H14F3N7O. The van der Waals surface area contributed by atoms with Crippen LogP contribution in [0.1, 0.15) is 17.5 Å². The standard InChI is InChI=1S/C20H14F3N7O/c21-13-2-1-10(29-17-16-14(27-8-28-17)3-9(6-24)7-26-16)4-11(13)20(18(22)23)12-5-15(12)31-19(25)30-20/h1-4,7-8,12,15,18H,5H2,(H2,25,30)(H,27,28,29)/t12-,15+,20+/m0/s1. The highest BCUT2D eigenvalue weighted by Gasteiger charge is 2.64. The molecule has 1 aliphatic heterocycles. The number of nitriles is 1. The fourth-order valence-corrected chi connectivity index (χ4v) is 3.94. The molecule has 1 aromatic carbocycles. The van der Waals surface area contributed by atoms with E-state index >= 15 is 0 Å². The lowest BCUT2D eigenvalue weighted by molar-refractivity contribution is 0.0177. The van der Waals surface area contributed by atoms with Crippen LogP contribution < -0.4 is 11.1 Å². The van der Waals surface area contributed by atoms with Gasteiger partial charge in [-0.1, -0.05) is 0 Å². The van der Waals surface area contributed by atoms with Crippen LogP contribution in [0, 0.1) is 23.1 Å². The zero-order valence-corrected chi connectivity index (χ0v) is 15.8. The lowest BCUT2D eigenvalue weighted by Crippen LogP contribution is -2.43. The Hall–Kier alpha value is -3.94. The SMILES string of the molecule is N#Cc1cnc2c(Nc3ccc(F)c([C@@]4(C(F)F)N=C(N)O[C@@H]5C[C@@H]54)c3)ncnc2c1. The molecule has 0 radical (unpaired) electrons. The van der Waals surface area contributed by atoms with Crippen LogP contribution in [0.15, 0.2) is 41.8 Å². The maximum absolute atomic E-state index is 14.8. The van der Waals surface area contributed by atoms with Crippen molar-refractivity contribution in [3.8, 4) is 6.07 Å². The molecule has 1 aliphatic carbocycles. The fourth-order valence-electron chi connectivity index (χ4n) is 3.94. The summed E-state index contributed by atoms with van der Waals surface area (Å²) in [6, 6.07) is 6.90. The van der Waals surface area contributed by atoms with E-state index in [-0.39, 0.29) is 17.4 Å². The number of anilines is 2. The van der Waals surface area contributed by atoms with E-state index in [0.29, 0.717) is 28.7 Å². The van der Waals surface area contributed by atoms with E-state index in [9.17, 15) is 13.2 Å². The van der Waals surface area contributed by atoms with Crippen LogP contribution in [-0.4, -0.2) is 33.5 Å². The Labute approximate surface area is 173 Å². The number of aromatic nitrogens is 3. The minimum Gasteiger partial charge on any atom is -0.462 e. The van der Waals surface area contributed by atoms with E-state index in [4.69, 9.17) is 15.7 Å². The second kappa shape index (κ2) is 6.80. The topological polar surface area (TPSA) is 122 Å². The molecule has 2 aliphatic rings. The highest BCUT2D eigenvalue weighted by atomic mass is 19.3. The molecule has 0 unspecified atom stereocenters. The summed E-state index contributed by atoms with van der Waals surface area (Å²) in [6.07, 6.45) is -0.539. The number of alkyl halides is 2. The molecule has 0 amide bonds. The lowest BCUT2D eigenvalue weighted by Gasteiger charge is -2.33. The number of benzene rings is 1. The molecule has 2 aromatic heterocycles. The minimum absolute atomic E-state index is 0.274. The molecule has 1 saturated carbocycles. The van der Waals surface area contributed by atoms with Crippen LogP contribution in [0.3, 0.4) is 0 Å². The number of nitrogens with one attached hydrogen (secondary N) is 1. The molecule has 1 fully saturated rings. The number of halogens is 3. The van der Waals surface area contributed by atoms with E-state index in [1.165, 1.54) is 24.7 Å². The highest BCUT2D eigenvalue weighted by Crippen LogP contribution is 2.56. The summed E-state index contributed by atoms with van der Waals surface area (Å²) in [5.41, 5.74) is 4.63. The molecule has 11 heteroatoms. The molecule has 3 heterocycles. The number of amidine groups is 1. The maximum Gasteiger partial charge on any atom is 0.283 e. The number of hydrogen-bond donors (Lipinski definition) is 2. The summed E-state index contributed by atoms with van der Waals surface area (Å²) < 4.78 is 48.5. The molecule has 3 aromatic rings. The number of fused-ring (bicyclic) bond motifs is 2. The number of ether oxygens (including phenoxy) is 1. The zero-order valence-electron chi connectivity index (χ0n) is 15.8. The van der Waals surface area contributed by atoms with Crippen molar-refractivity contribution in [3.63, 3.8) is 0 Å². The van der Waals surface area contributed by atoms with Gasteiger partial charge in [-0.15, -0.1) is 0 Å². The lowest BCUT2D eigenvalue weighted by atomic mass is 9.84. The molecule has 5 rings (SSSR count). The molecule has 156 valence electrons. The Balaban J connectivity index is 1.58. The molecule has 31 heavy (non-hydrogen) atoms. The molecule has 3 atom stereocenters. The van der Waals surface area contributed by atoms with Crippen LogP contribution in [0.4, 0.5) is 24.7 Å². The predicted octanol–water partition coefficient (Wildman–Crippen LogP) is 2.97. The zero-order chi connectivity index (χ0) is 21.8. The van der Waals surface area contributed by atoms with Crippen molar-refractivity contribution in [2.45, 2.75) is 24.5 Å². The smallest absolute Gasteiger partial charge is 0.283 e. The Morgan fingerprint density at radius 1 is 1.26 bits per heavy atom. The van der Waals surface area contributed by atoms with Crippen molar-refractivity contribution < 1.29 is 17.9 Å². The van der Waals surface area contributed by atoms with E-state index in [1.54, 1.807) is 6.07 Å². The van der Waals surface area contributed by atoms with Crippen molar-refractivity contribution in [2.24, 2.45) is 16.6 Å². The van der Waals surface area contributed by atoms with Gasteiger partial charge in [-0.3, -0.25) is 0 Å². The van der Waals surface area contributed by atoms with Gasteiger partial charge in [0.05, 0.1) is 11.1 Å². The summed E-state index contributed by atoms with van der Waals surface area (Å²) in [5.74, 6) is -1.22. The van der Waals surface area contributed by atoms with Crippen LogP contribution in [-0.2, 0) is 10.3 Å². The summed E-state index contributed by atoms with van der Waals surface area (Å²) in [7, 11) is 0. The summed E-state index contributed by atoms with van der Waals surface area (Å²) in [4.78, 5) is 16.3. The van der Waals surface area contributed by atoms with Gasteiger partial charge in [0.25, 0.3) is 12.4 Å². The summed E-state index contributed by atoms with van der Waals surface area (Å²) in [5, 5.41) is 12.0. The number of aliphatic imine (C=N–C) groups is 1. The fraction of sp³-hybridized carbons (Fsp3) is 0.250. The van der Waals surface area contributed by atoms with Crippen molar-refractivity contribution in [2.75, 3.05) is 5.32 Å². The van der Waals surface area contributed by atoms with Gasteiger partial charge in [-0.05, 0) is 30.7 Å². The maximum atomic E-state index is 14.8. The van der Waals surface area contributed by atoms with Gasteiger partial charge < -0.3 is 15.8 Å². The molecular weight excluding hydrogens is 411 g/mol. The van der Waals surface area contributed by atoms with Gasteiger partial charge in [0.2, 0.25) is 0 Å². The Morgan fingerprint density at radius 2 is 2.10 bits per heavy atom. The summed E-state index contributed by atoms with van der Waals surface area (Å²) >= 11 is 0. The highest BCUT2D eigenvalue weighted by molar-refractivity contribution is 5.87. The number of hydrogen-bond acceptors (Lipinski definition) is 8. The largest absolute Gasteiger partial charge is 0.462 e. The molecule has 0 bridgehead atoms. The van der Waals surface area contributed by atoms with Crippen LogP contribution in [0.2, 0.25) is 0 Å². The van der Waals surface area contributed by atoms with E-state index in [0.717, 1.165) is 6.07 Å². The van der Waals surface area contributed by atoms with Crippen molar-refractivity contribution in [1.29, 1.82) is 5.26 Å². The van der Waals surface area contributed by atoms with Crippen molar-refractivity contribution in [3.05, 3.63) is 53.7 Å². The number of rotatable bonds is 4. The van der Waals surface area contributed by atoms with Crippen LogP contribution in [0.25, 0.3) is 11.0 Å². The predicted molar refractivity (Wildman–Crippen MR) is 104 cm³/mol. The van der Waals surface area contributed by atoms with Gasteiger partial charge in [-0.25, -0.2) is 33.1 Å². The van der Waals surface area contributed by atoms with Crippen LogP contribution >= 0.6 is 0 Å². The second-order valence-electron chi connectivity index (χ2n) is 7.32. The molecule has 8 nitrogen and oxygen atoms in total. The van der Waals surface area contributed by atoms with E-state index in [1.807, 2.05) is 6.07 Å². The van der Waals surface area contributed by atoms with Crippen molar-refractivity contribution >= 4 is 28.6 Å². The summed E-state index contributed by atoms with van der Waals surface area (Å²) in [6.45, 7) is 0. The third kappa shape index (κ3) is 2.99. The number of nitrogens with zero attached hydrogens (tertiary/aromatic N) is 5. The second-order valence-corrected chi connectivity index (χ2v) is 7.32.